The first-order valence-corrected chi connectivity index (χ1v) is 7.86. The van der Waals surface area contributed by atoms with Crippen molar-refractivity contribution in [3.05, 3.63) is 70.7 Å². The Morgan fingerprint density at radius 1 is 1.09 bits per heavy atom. The van der Waals surface area contributed by atoms with Gasteiger partial charge in [0, 0.05) is 17.1 Å². The van der Waals surface area contributed by atoms with Gasteiger partial charge in [0.1, 0.15) is 6.04 Å². The smallest absolute Gasteiger partial charge is 0.278 e. The number of benzene rings is 2. The minimum Gasteiger partial charge on any atom is -0.347 e. The molecule has 4 heteroatoms. The molecular formula is C18H22ClN2O+. The molecule has 0 saturated heterocycles. The maximum absolute atomic E-state index is 12.2. The molecule has 0 radical (unpaired) electrons. The summed E-state index contributed by atoms with van der Waals surface area (Å²) in [6.07, 6.45) is 0. The van der Waals surface area contributed by atoms with Crippen LogP contribution >= 0.6 is 11.6 Å². The molecule has 3 nitrogen and oxygen atoms in total. The molecule has 2 rings (SSSR count). The van der Waals surface area contributed by atoms with E-state index in [1.807, 2.05) is 61.5 Å². The van der Waals surface area contributed by atoms with Crippen LogP contribution in [0.4, 0.5) is 0 Å². The molecular weight excluding hydrogens is 296 g/mol. The highest BCUT2D eigenvalue weighted by molar-refractivity contribution is 6.30. The second kappa shape index (κ2) is 7.97. The fourth-order valence-electron chi connectivity index (χ4n) is 2.34. The summed E-state index contributed by atoms with van der Waals surface area (Å²) in [6.45, 7) is 4.57. The van der Waals surface area contributed by atoms with Crippen LogP contribution in [0, 0.1) is 0 Å². The summed E-state index contributed by atoms with van der Waals surface area (Å²) < 4.78 is 0. The SMILES string of the molecule is C[C@H]([NH2+][C@H](C)C(=O)NCc1ccccc1)c1ccc(Cl)cc1. The summed E-state index contributed by atoms with van der Waals surface area (Å²) in [4.78, 5) is 12.2. The molecule has 0 saturated carbocycles. The van der Waals surface area contributed by atoms with Crippen molar-refractivity contribution in [3.8, 4) is 0 Å². The molecule has 22 heavy (non-hydrogen) atoms. The minimum atomic E-state index is -0.144. The van der Waals surface area contributed by atoms with Gasteiger partial charge in [-0.25, -0.2) is 0 Å². The van der Waals surface area contributed by atoms with Gasteiger partial charge in [-0.3, -0.25) is 4.79 Å². The lowest BCUT2D eigenvalue weighted by atomic mass is 10.1. The fraction of sp³-hybridized carbons (Fsp3) is 0.278. The highest BCUT2D eigenvalue weighted by atomic mass is 35.5. The topological polar surface area (TPSA) is 45.7 Å². The second-order valence-corrected chi connectivity index (χ2v) is 5.96. The second-order valence-electron chi connectivity index (χ2n) is 5.52. The predicted octanol–water partition coefficient (Wildman–Crippen LogP) is 2.67. The monoisotopic (exact) mass is 317 g/mol. The normalized spacial score (nSPS) is 13.4. The molecule has 1 amide bonds. The van der Waals surface area contributed by atoms with E-state index in [0.29, 0.717) is 6.54 Å². The Labute approximate surface area is 136 Å². The van der Waals surface area contributed by atoms with Crippen molar-refractivity contribution in [2.24, 2.45) is 0 Å². The zero-order valence-corrected chi connectivity index (χ0v) is 13.7. The Bertz CT molecular complexity index is 598. The number of hydrogen-bond donors (Lipinski definition) is 2. The predicted molar refractivity (Wildman–Crippen MR) is 89.5 cm³/mol. The van der Waals surface area contributed by atoms with E-state index in [-0.39, 0.29) is 18.0 Å². The Balaban J connectivity index is 1.84. The fourth-order valence-corrected chi connectivity index (χ4v) is 2.47. The van der Waals surface area contributed by atoms with Gasteiger partial charge in [0.25, 0.3) is 5.91 Å². The van der Waals surface area contributed by atoms with Gasteiger partial charge in [-0.1, -0.05) is 54.1 Å². The lowest BCUT2D eigenvalue weighted by molar-refractivity contribution is -0.710. The van der Waals surface area contributed by atoms with E-state index < -0.39 is 0 Å². The number of nitrogens with one attached hydrogen (secondary N) is 1. The number of amides is 1. The molecule has 0 fully saturated rings. The standard InChI is InChI=1S/C18H21ClN2O/c1-13(16-8-10-17(19)11-9-16)21-14(2)18(22)20-12-15-6-4-3-5-7-15/h3-11,13-14,21H,12H2,1-2H3,(H,20,22)/p+1/t13-,14+/m0/s1. The molecule has 0 aliphatic carbocycles. The van der Waals surface area contributed by atoms with Crippen LogP contribution in [-0.2, 0) is 11.3 Å². The van der Waals surface area contributed by atoms with E-state index in [4.69, 9.17) is 11.6 Å². The van der Waals surface area contributed by atoms with Crippen molar-refractivity contribution < 1.29 is 10.1 Å². The summed E-state index contributed by atoms with van der Waals surface area (Å²) in [6, 6.07) is 17.7. The van der Waals surface area contributed by atoms with Gasteiger partial charge in [-0.15, -0.1) is 0 Å². The average molecular weight is 318 g/mol. The van der Waals surface area contributed by atoms with Gasteiger partial charge in [0.15, 0.2) is 6.04 Å². The number of carbonyl (C=O) groups is 1. The molecule has 3 N–H and O–H groups in total. The third-order valence-corrected chi connectivity index (χ3v) is 3.95. The third kappa shape index (κ3) is 4.86. The number of nitrogens with two attached hydrogens (primary N) is 1. The summed E-state index contributed by atoms with van der Waals surface area (Å²) in [5.41, 5.74) is 2.26. The maximum atomic E-state index is 12.2. The van der Waals surface area contributed by atoms with E-state index in [1.165, 1.54) is 0 Å². The van der Waals surface area contributed by atoms with Crippen molar-refractivity contribution in [1.29, 1.82) is 0 Å². The zero-order valence-electron chi connectivity index (χ0n) is 12.9. The van der Waals surface area contributed by atoms with Crippen LogP contribution in [0.25, 0.3) is 0 Å². The summed E-state index contributed by atoms with van der Waals surface area (Å²) >= 11 is 5.90. The summed E-state index contributed by atoms with van der Waals surface area (Å²) in [5, 5.41) is 5.76. The van der Waals surface area contributed by atoms with Crippen LogP contribution < -0.4 is 10.6 Å². The summed E-state index contributed by atoms with van der Waals surface area (Å²) in [7, 11) is 0. The lowest BCUT2D eigenvalue weighted by Crippen LogP contribution is -2.92. The molecule has 0 aromatic heterocycles. The number of rotatable bonds is 6. The van der Waals surface area contributed by atoms with Crippen molar-refractivity contribution >= 4 is 17.5 Å². The molecule has 0 bridgehead atoms. The largest absolute Gasteiger partial charge is 0.347 e. The molecule has 0 aliphatic heterocycles. The van der Waals surface area contributed by atoms with E-state index in [1.54, 1.807) is 0 Å². The van der Waals surface area contributed by atoms with Crippen LogP contribution in [0.3, 0.4) is 0 Å². The first-order valence-electron chi connectivity index (χ1n) is 7.48. The molecule has 2 aromatic carbocycles. The van der Waals surface area contributed by atoms with Gasteiger partial charge in [0.2, 0.25) is 0 Å². The minimum absolute atomic E-state index is 0.0460. The third-order valence-electron chi connectivity index (χ3n) is 3.70. The van der Waals surface area contributed by atoms with Crippen LogP contribution in [0.1, 0.15) is 31.0 Å². The van der Waals surface area contributed by atoms with Crippen LogP contribution in [0.15, 0.2) is 54.6 Å². The van der Waals surface area contributed by atoms with Gasteiger partial charge in [0.05, 0.1) is 0 Å². The highest BCUT2D eigenvalue weighted by Crippen LogP contribution is 2.13. The number of hydrogen-bond acceptors (Lipinski definition) is 1. The molecule has 2 aromatic rings. The zero-order chi connectivity index (χ0) is 15.9. The maximum Gasteiger partial charge on any atom is 0.278 e. The van der Waals surface area contributed by atoms with Crippen molar-refractivity contribution in [3.63, 3.8) is 0 Å². The molecule has 2 atom stereocenters. The van der Waals surface area contributed by atoms with Gasteiger partial charge >= 0.3 is 0 Å². The number of quaternary nitrogens is 1. The first-order chi connectivity index (χ1) is 10.6. The first kappa shape index (κ1) is 16.5. The van der Waals surface area contributed by atoms with Crippen molar-refractivity contribution in [2.75, 3.05) is 0 Å². The Kier molecular flexibility index (Phi) is 5.99. The Morgan fingerprint density at radius 2 is 1.73 bits per heavy atom. The van der Waals surface area contributed by atoms with Crippen LogP contribution in [0.5, 0.6) is 0 Å². The van der Waals surface area contributed by atoms with Crippen molar-refractivity contribution in [1.82, 2.24) is 5.32 Å². The molecule has 0 spiro atoms. The van der Waals surface area contributed by atoms with Gasteiger partial charge in [-0.05, 0) is 31.5 Å². The van der Waals surface area contributed by atoms with E-state index in [9.17, 15) is 4.79 Å². The van der Waals surface area contributed by atoms with E-state index in [2.05, 4.69) is 17.6 Å². The number of carbonyl (C=O) groups excluding carboxylic acids is 1. The average Bonchev–Trinajstić information content (AvgIpc) is 2.54. The van der Waals surface area contributed by atoms with E-state index >= 15 is 0 Å². The Hall–Kier alpha value is -1.84. The van der Waals surface area contributed by atoms with E-state index in [0.717, 1.165) is 16.1 Å². The highest BCUT2D eigenvalue weighted by Gasteiger charge is 2.19. The van der Waals surface area contributed by atoms with Crippen molar-refractivity contribution in [2.45, 2.75) is 32.5 Å². The lowest BCUT2D eigenvalue weighted by Gasteiger charge is -2.17. The quantitative estimate of drug-likeness (QED) is 0.845. The molecule has 116 valence electrons. The summed E-state index contributed by atoms with van der Waals surface area (Å²) in [5.74, 6) is 0.0460. The molecule has 0 heterocycles. The molecule has 0 aliphatic rings. The number of halogens is 1. The Morgan fingerprint density at radius 3 is 2.36 bits per heavy atom. The van der Waals surface area contributed by atoms with Crippen LogP contribution in [0.2, 0.25) is 5.02 Å². The van der Waals surface area contributed by atoms with Crippen LogP contribution in [-0.4, -0.2) is 11.9 Å². The van der Waals surface area contributed by atoms with Gasteiger partial charge < -0.3 is 10.6 Å². The molecule has 0 unspecified atom stereocenters. The van der Waals surface area contributed by atoms with Gasteiger partial charge in [-0.2, -0.15) is 0 Å².